The second-order valence-corrected chi connectivity index (χ2v) is 13.4. The molecule has 0 amide bonds. The first-order valence-electron chi connectivity index (χ1n) is 14.4. The van der Waals surface area contributed by atoms with Crippen molar-refractivity contribution in [2.45, 2.75) is 67.9 Å². The lowest BCUT2D eigenvalue weighted by Gasteiger charge is -2.35. The van der Waals surface area contributed by atoms with Gasteiger partial charge in [0.1, 0.15) is 12.3 Å². The predicted octanol–water partition coefficient (Wildman–Crippen LogP) is 4.04. The summed E-state index contributed by atoms with van der Waals surface area (Å²) in [6.07, 6.45) is 1.19. The van der Waals surface area contributed by atoms with E-state index in [0.29, 0.717) is 28.4 Å². The molecule has 2 heterocycles. The number of hydrogen-bond donors (Lipinski definition) is 3. The summed E-state index contributed by atoms with van der Waals surface area (Å²) in [4.78, 5) is 2.49. The molecule has 13 heteroatoms. The monoisotopic (exact) mass is 636 g/mol. The number of halogens is 3. The van der Waals surface area contributed by atoms with Crippen LogP contribution in [0.2, 0.25) is 0 Å². The highest BCUT2D eigenvalue weighted by molar-refractivity contribution is 7.90. The fraction of sp³-hybridized carbons (Fsp3) is 0.484. The van der Waals surface area contributed by atoms with E-state index in [1.54, 1.807) is 24.3 Å². The number of aliphatic hydroxyl groups is 1. The lowest BCUT2D eigenvalue weighted by atomic mass is 9.90. The van der Waals surface area contributed by atoms with E-state index in [4.69, 9.17) is 4.74 Å². The Balaban J connectivity index is 0.00000442. The number of aliphatic hydroxyl groups excluding tert-OH is 1. The van der Waals surface area contributed by atoms with E-state index in [1.807, 2.05) is 6.07 Å². The number of ether oxygens (including phenoxy) is 1. The number of fused-ring (bicyclic) bond motifs is 1. The van der Waals surface area contributed by atoms with Gasteiger partial charge in [0.15, 0.2) is 9.84 Å². The number of aromatic nitrogens is 1. The molecule has 2 aliphatic rings. The maximum Gasteiger partial charge on any atom is 0.406 e. The Kier molecular flexibility index (Phi) is 10.4. The summed E-state index contributed by atoms with van der Waals surface area (Å²) in [6.45, 7) is 0.602. The van der Waals surface area contributed by atoms with Crippen LogP contribution >= 0.6 is 0 Å². The number of β-amino-alcohol motifs (C(OH)–C–C–N with tert-alkyl or cyclic N) is 1. The molecule has 2 aromatic carbocycles. The van der Waals surface area contributed by atoms with Crippen molar-refractivity contribution in [3.05, 3.63) is 48.2 Å². The minimum atomic E-state index is -4.43. The van der Waals surface area contributed by atoms with Crippen molar-refractivity contribution in [3.63, 3.8) is 0 Å². The molecule has 5 N–H and O–H groups in total. The van der Waals surface area contributed by atoms with Crippen LogP contribution in [-0.2, 0) is 16.4 Å². The number of methoxy groups -OCH3 is 1. The zero-order valence-electron chi connectivity index (χ0n) is 24.7. The number of benzene rings is 2. The second kappa shape index (κ2) is 13.7. The van der Waals surface area contributed by atoms with Gasteiger partial charge in [-0.2, -0.15) is 13.2 Å². The normalized spacial score (nSPS) is 20.9. The Bertz CT molecular complexity index is 1620. The Hall–Kier alpha value is -3.44. The first-order valence-corrected chi connectivity index (χ1v) is 16.3. The van der Waals surface area contributed by atoms with Crippen LogP contribution in [0.5, 0.6) is 5.75 Å². The van der Waals surface area contributed by atoms with Crippen LogP contribution in [0.25, 0.3) is 10.9 Å². The van der Waals surface area contributed by atoms with Crippen molar-refractivity contribution in [1.82, 2.24) is 9.47 Å². The summed E-state index contributed by atoms with van der Waals surface area (Å²) in [7, 11) is -1.99. The highest BCUT2D eigenvalue weighted by Crippen LogP contribution is 2.33. The summed E-state index contributed by atoms with van der Waals surface area (Å²) in [5, 5.41) is 17.2. The smallest absolute Gasteiger partial charge is 0.406 e. The highest BCUT2D eigenvalue weighted by Gasteiger charge is 2.32. The van der Waals surface area contributed by atoms with Gasteiger partial charge in [0.25, 0.3) is 0 Å². The zero-order valence-corrected chi connectivity index (χ0v) is 25.6. The molecular weight excluding hydrogens is 597 g/mol. The zero-order chi connectivity index (χ0) is 30.8. The van der Waals surface area contributed by atoms with E-state index in [2.05, 4.69) is 27.4 Å². The van der Waals surface area contributed by atoms with Crippen LogP contribution in [0.4, 0.5) is 24.5 Å². The molecule has 1 saturated carbocycles. The standard InChI is InChI=1S/C31H37F3N4O4S.H2O/c1-42-30-18-25(43(2,40)41)12-13-28(30)35-15-4-5-23-17-26-27(6-3-7-29(26)38(23)20-31(32,33)34)36-21-8-10-22(11-9-21)37-16-14-24(39)19-37;/h3,6-7,12-13,17-18,21-22,24,35-36,39H,8-11,14-16,19-20H2,1-2H3;1H2/t21?,22?,24-;/m1./s1. The lowest BCUT2D eigenvalue weighted by Crippen LogP contribution is -2.39. The SMILES string of the molecule is COc1cc(S(C)(=O)=O)ccc1NCC#Cc1cc2c(NC3CCC(N4CC[C@@H](O)C4)CC3)cccc2n1CC(F)(F)F.O. The summed E-state index contributed by atoms with van der Waals surface area (Å²) in [5.74, 6) is 6.12. The van der Waals surface area contributed by atoms with E-state index < -0.39 is 22.6 Å². The number of rotatable bonds is 8. The minimum absolute atomic E-state index is 0. The van der Waals surface area contributed by atoms with E-state index >= 15 is 0 Å². The van der Waals surface area contributed by atoms with Gasteiger partial charge in [0, 0.05) is 48.6 Å². The maximum absolute atomic E-state index is 13.6. The Morgan fingerprint density at radius 3 is 2.45 bits per heavy atom. The largest absolute Gasteiger partial charge is 0.495 e. The van der Waals surface area contributed by atoms with Crippen molar-refractivity contribution in [3.8, 4) is 17.6 Å². The highest BCUT2D eigenvalue weighted by atomic mass is 32.2. The summed E-state index contributed by atoms with van der Waals surface area (Å²) in [6, 6.07) is 12.1. The number of anilines is 2. The number of nitrogens with one attached hydrogen (secondary N) is 2. The molecule has 0 radical (unpaired) electrons. The minimum Gasteiger partial charge on any atom is -0.495 e. The molecule has 1 saturated heterocycles. The summed E-state index contributed by atoms with van der Waals surface area (Å²) < 4.78 is 71.1. The molecular formula is C31H39F3N4O5S. The number of alkyl halides is 3. The van der Waals surface area contributed by atoms with Crippen LogP contribution in [0, 0.1) is 11.8 Å². The quantitative estimate of drug-likeness (QED) is 0.319. The first kappa shape index (κ1) is 33.5. The van der Waals surface area contributed by atoms with Gasteiger partial charge in [-0.05, 0) is 68.4 Å². The number of nitrogens with zero attached hydrogens (tertiary/aromatic N) is 2. The molecule has 2 fully saturated rings. The van der Waals surface area contributed by atoms with Crippen LogP contribution in [0.3, 0.4) is 0 Å². The Morgan fingerprint density at radius 1 is 1.07 bits per heavy atom. The van der Waals surface area contributed by atoms with Crippen LogP contribution in [0.1, 0.15) is 37.8 Å². The van der Waals surface area contributed by atoms with Gasteiger partial charge in [0.05, 0.1) is 41.6 Å². The fourth-order valence-corrected chi connectivity index (χ4v) is 6.73. The van der Waals surface area contributed by atoms with Gasteiger partial charge in [-0.25, -0.2) is 8.42 Å². The van der Waals surface area contributed by atoms with E-state index in [-0.39, 0.29) is 34.8 Å². The molecule has 1 aliphatic heterocycles. The summed E-state index contributed by atoms with van der Waals surface area (Å²) in [5.41, 5.74) is 2.01. The van der Waals surface area contributed by atoms with Crippen LogP contribution < -0.4 is 15.4 Å². The van der Waals surface area contributed by atoms with Crippen molar-refractivity contribution in [2.75, 3.05) is 43.6 Å². The third-order valence-electron chi connectivity index (χ3n) is 8.24. The first-order chi connectivity index (χ1) is 20.4. The van der Waals surface area contributed by atoms with Crippen molar-refractivity contribution in [2.24, 2.45) is 0 Å². The third kappa shape index (κ3) is 7.98. The van der Waals surface area contributed by atoms with Gasteiger partial charge in [-0.15, -0.1) is 0 Å². The predicted molar refractivity (Wildman–Crippen MR) is 165 cm³/mol. The molecule has 1 aliphatic carbocycles. The Labute approximate surface area is 255 Å². The fourth-order valence-electron chi connectivity index (χ4n) is 6.09. The molecule has 5 rings (SSSR count). The van der Waals surface area contributed by atoms with Crippen molar-refractivity contribution in [1.29, 1.82) is 0 Å². The molecule has 0 unspecified atom stereocenters. The van der Waals surface area contributed by atoms with Crippen LogP contribution in [-0.4, -0.2) is 85.8 Å². The number of sulfone groups is 1. The van der Waals surface area contributed by atoms with Gasteiger partial charge in [0.2, 0.25) is 0 Å². The molecule has 0 bridgehead atoms. The Morgan fingerprint density at radius 2 is 1.82 bits per heavy atom. The molecule has 1 aromatic heterocycles. The van der Waals surface area contributed by atoms with E-state index in [1.165, 1.54) is 23.8 Å². The average molecular weight is 637 g/mol. The molecule has 9 nitrogen and oxygen atoms in total. The number of likely N-dealkylation sites (tertiary alicyclic amines) is 1. The third-order valence-corrected chi connectivity index (χ3v) is 9.35. The van der Waals surface area contributed by atoms with Gasteiger partial charge < -0.3 is 30.5 Å². The topological polar surface area (TPSA) is 127 Å². The van der Waals surface area contributed by atoms with E-state index in [9.17, 15) is 26.7 Å². The molecule has 3 aromatic rings. The molecule has 44 heavy (non-hydrogen) atoms. The van der Waals surface area contributed by atoms with Crippen LogP contribution in [0.15, 0.2) is 47.4 Å². The van der Waals surface area contributed by atoms with Gasteiger partial charge in [-0.3, -0.25) is 4.90 Å². The molecule has 0 spiro atoms. The van der Waals surface area contributed by atoms with Gasteiger partial charge in [-0.1, -0.05) is 12.0 Å². The van der Waals surface area contributed by atoms with Gasteiger partial charge >= 0.3 is 6.18 Å². The molecule has 240 valence electrons. The maximum atomic E-state index is 13.6. The van der Waals surface area contributed by atoms with E-state index in [0.717, 1.165) is 57.1 Å². The summed E-state index contributed by atoms with van der Waals surface area (Å²) >= 11 is 0. The van der Waals surface area contributed by atoms with Crippen molar-refractivity contribution >= 4 is 32.1 Å². The molecule has 1 atom stereocenters. The lowest BCUT2D eigenvalue weighted by molar-refractivity contribution is -0.140. The van der Waals surface area contributed by atoms with Crippen molar-refractivity contribution < 1.29 is 36.9 Å². The average Bonchev–Trinajstić information content (AvgIpc) is 3.54. The number of hydrogen-bond acceptors (Lipinski definition) is 7. The second-order valence-electron chi connectivity index (χ2n) is 11.3.